The van der Waals surface area contributed by atoms with Crippen LogP contribution in [0.4, 0.5) is 8.78 Å². The molecule has 0 radical (unpaired) electrons. The van der Waals surface area contributed by atoms with Gasteiger partial charge in [0, 0.05) is 36.1 Å². The summed E-state index contributed by atoms with van der Waals surface area (Å²) in [6.07, 6.45) is 6.46. The lowest BCUT2D eigenvalue weighted by Gasteiger charge is -2.51. The first-order valence-electron chi connectivity index (χ1n) is 9.00. The quantitative estimate of drug-likeness (QED) is 0.915. The second kappa shape index (κ2) is 7.11. The number of hydrogen-bond acceptors (Lipinski definition) is 3. The number of rotatable bonds is 4. The minimum absolute atomic E-state index is 0.0269. The summed E-state index contributed by atoms with van der Waals surface area (Å²) >= 11 is 0. The molecule has 136 valence electrons. The lowest BCUT2D eigenvalue weighted by molar-refractivity contribution is 0.0136. The molecule has 1 aromatic heterocycles. The van der Waals surface area contributed by atoms with Crippen LogP contribution in [0.3, 0.4) is 0 Å². The van der Waals surface area contributed by atoms with Crippen molar-refractivity contribution in [1.82, 2.24) is 15.2 Å². The van der Waals surface area contributed by atoms with Crippen molar-refractivity contribution in [3.63, 3.8) is 0 Å². The zero-order valence-corrected chi connectivity index (χ0v) is 14.4. The Bertz CT molecular complexity index is 771. The first-order chi connectivity index (χ1) is 12.6. The number of hydrogen-bond donors (Lipinski definition) is 1. The molecule has 26 heavy (non-hydrogen) atoms. The van der Waals surface area contributed by atoms with Crippen LogP contribution in [0.1, 0.15) is 28.8 Å². The van der Waals surface area contributed by atoms with Gasteiger partial charge in [0.05, 0.1) is 0 Å². The topological polar surface area (TPSA) is 45.2 Å². The molecule has 2 atom stereocenters. The first kappa shape index (κ1) is 17.1. The molecule has 6 heteroatoms. The summed E-state index contributed by atoms with van der Waals surface area (Å²) < 4.78 is 26.9. The molecule has 0 saturated carbocycles. The highest BCUT2D eigenvalue weighted by atomic mass is 19.1. The molecular weight excluding hydrogens is 336 g/mol. The van der Waals surface area contributed by atoms with E-state index in [0.717, 1.165) is 56.1 Å². The molecule has 4 heterocycles. The highest BCUT2D eigenvalue weighted by molar-refractivity contribution is 5.94. The molecule has 1 N–H and O–H groups in total. The summed E-state index contributed by atoms with van der Waals surface area (Å²) in [6, 6.07) is 7.03. The summed E-state index contributed by atoms with van der Waals surface area (Å²) in [7, 11) is 0. The van der Waals surface area contributed by atoms with E-state index in [2.05, 4.69) is 15.2 Å². The van der Waals surface area contributed by atoms with E-state index in [1.54, 1.807) is 6.20 Å². The van der Waals surface area contributed by atoms with Gasteiger partial charge >= 0.3 is 0 Å². The SMILES string of the molecule is O=C(N[C@@H]1C2CCN(CC2)[C@H]1Cc1cccnc1)c1cc(F)cc(F)c1. The van der Waals surface area contributed by atoms with E-state index in [1.807, 2.05) is 18.3 Å². The molecule has 0 spiro atoms. The summed E-state index contributed by atoms with van der Waals surface area (Å²) in [6.45, 7) is 2.05. The molecule has 4 nitrogen and oxygen atoms in total. The predicted molar refractivity (Wildman–Crippen MR) is 93.6 cm³/mol. The van der Waals surface area contributed by atoms with Crippen molar-refractivity contribution in [2.24, 2.45) is 5.92 Å². The minimum atomic E-state index is -0.740. The number of benzene rings is 1. The molecular formula is C20H21F2N3O. The van der Waals surface area contributed by atoms with E-state index in [4.69, 9.17) is 0 Å². The number of amides is 1. The Labute approximate surface area is 151 Å². The summed E-state index contributed by atoms with van der Waals surface area (Å²) in [5.74, 6) is -1.51. The molecule has 3 fully saturated rings. The van der Waals surface area contributed by atoms with Gasteiger partial charge in [-0.2, -0.15) is 0 Å². The fourth-order valence-electron chi connectivity index (χ4n) is 4.30. The Hall–Kier alpha value is -2.34. The number of halogens is 2. The van der Waals surface area contributed by atoms with E-state index in [0.29, 0.717) is 5.92 Å². The third kappa shape index (κ3) is 3.46. The third-order valence-corrected chi connectivity index (χ3v) is 5.56. The van der Waals surface area contributed by atoms with Gasteiger partial charge in [0.15, 0.2) is 0 Å². The largest absolute Gasteiger partial charge is 0.347 e. The normalized spacial score (nSPS) is 27.3. The van der Waals surface area contributed by atoms with Crippen molar-refractivity contribution in [1.29, 1.82) is 0 Å². The third-order valence-electron chi connectivity index (χ3n) is 5.56. The number of piperidine rings is 3. The van der Waals surface area contributed by atoms with Gasteiger partial charge in [-0.15, -0.1) is 0 Å². The first-order valence-corrected chi connectivity index (χ1v) is 9.00. The zero-order valence-electron chi connectivity index (χ0n) is 14.4. The van der Waals surface area contributed by atoms with Crippen LogP contribution < -0.4 is 5.32 Å². The van der Waals surface area contributed by atoms with Gasteiger partial charge in [-0.25, -0.2) is 8.78 Å². The number of nitrogens with zero attached hydrogens (tertiary/aromatic N) is 2. The number of carbonyl (C=O) groups is 1. The standard InChI is InChI=1S/C20H21F2N3O/c21-16-9-15(10-17(22)11-16)20(26)24-19-14-3-6-25(7-4-14)18(19)8-13-2-1-5-23-12-13/h1-2,5,9-12,14,18-19H,3-4,6-8H2,(H,24,26)/t18-,19+/m0/s1. The second-order valence-electron chi connectivity index (χ2n) is 7.16. The van der Waals surface area contributed by atoms with E-state index < -0.39 is 17.5 Å². The van der Waals surface area contributed by atoms with Crippen LogP contribution in [0.2, 0.25) is 0 Å². The van der Waals surface area contributed by atoms with Crippen LogP contribution >= 0.6 is 0 Å². The Kier molecular flexibility index (Phi) is 4.68. The van der Waals surface area contributed by atoms with Crippen molar-refractivity contribution >= 4 is 5.91 Å². The van der Waals surface area contributed by atoms with Crippen LogP contribution in [0.5, 0.6) is 0 Å². The summed E-state index contributed by atoms with van der Waals surface area (Å²) in [5.41, 5.74) is 1.15. The van der Waals surface area contributed by atoms with Crippen LogP contribution in [0.15, 0.2) is 42.7 Å². The number of nitrogens with one attached hydrogen (secondary N) is 1. The number of carbonyl (C=O) groups excluding carboxylic acids is 1. The van der Waals surface area contributed by atoms with Crippen molar-refractivity contribution < 1.29 is 13.6 Å². The fraction of sp³-hybridized carbons (Fsp3) is 0.400. The van der Waals surface area contributed by atoms with Crippen LogP contribution in [-0.4, -0.2) is 41.0 Å². The molecule has 1 aromatic carbocycles. The van der Waals surface area contributed by atoms with Gasteiger partial charge in [0.1, 0.15) is 11.6 Å². The summed E-state index contributed by atoms with van der Waals surface area (Å²) in [4.78, 5) is 19.2. The predicted octanol–water partition coefficient (Wildman–Crippen LogP) is 2.80. The van der Waals surface area contributed by atoms with Crippen LogP contribution in [0.25, 0.3) is 0 Å². The maximum Gasteiger partial charge on any atom is 0.251 e. The average Bonchev–Trinajstić information content (AvgIpc) is 2.64. The van der Waals surface area contributed by atoms with Gasteiger partial charge in [0.2, 0.25) is 0 Å². The van der Waals surface area contributed by atoms with E-state index in [-0.39, 0.29) is 17.6 Å². The van der Waals surface area contributed by atoms with E-state index in [1.165, 1.54) is 0 Å². The highest BCUT2D eigenvalue weighted by Gasteiger charge is 2.42. The van der Waals surface area contributed by atoms with E-state index in [9.17, 15) is 13.6 Å². The average molecular weight is 357 g/mol. The van der Waals surface area contributed by atoms with Gasteiger partial charge in [0.25, 0.3) is 5.91 Å². The molecule has 3 aliphatic rings. The molecule has 3 aliphatic heterocycles. The monoisotopic (exact) mass is 357 g/mol. The second-order valence-corrected chi connectivity index (χ2v) is 7.16. The Morgan fingerprint density at radius 1 is 1.19 bits per heavy atom. The maximum absolute atomic E-state index is 13.4. The highest BCUT2D eigenvalue weighted by Crippen LogP contribution is 2.34. The molecule has 3 saturated heterocycles. The Morgan fingerprint density at radius 2 is 1.92 bits per heavy atom. The van der Waals surface area contributed by atoms with Gasteiger partial charge in [-0.3, -0.25) is 14.7 Å². The minimum Gasteiger partial charge on any atom is -0.347 e. The van der Waals surface area contributed by atoms with Crippen LogP contribution in [0, 0.1) is 17.6 Å². The van der Waals surface area contributed by atoms with Gasteiger partial charge in [-0.05, 0) is 62.0 Å². The molecule has 2 aromatic rings. The number of pyridine rings is 1. The molecule has 2 bridgehead atoms. The smallest absolute Gasteiger partial charge is 0.251 e. The van der Waals surface area contributed by atoms with Crippen LogP contribution in [-0.2, 0) is 6.42 Å². The van der Waals surface area contributed by atoms with Crippen molar-refractivity contribution in [3.8, 4) is 0 Å². The lowest BCUT2D eigenvalue weighted by Crippen LogP contribution is -2.64. The number of fused-ring (bicyclic) bond motifs is 3. The van der Waals surface area contributed by atoms with Crippen molar-refractivity contribution in [2.45, 2.75) is 31.3 Å². The van der Waals surface area contributed by atoms with Crippen molar-refractivity contribution in [2.75, 3.05) is 13.1 Å². The van der Waals surface area contributed by atoms with Gasteiger partial charge < -0.3 is 5.32 Å². The van der Waals surface area contributed by atoms with Gasteiger partial charge in [-0.1, -0.05) is 6.07 Å². The Morgan fingerprint density at radius 3 is 2.58 bits per heavy atom. The molecule has 0 unspecified atom stereocenters. The maximum atomic E-state index is 13.4. The van der Waals surface area contributed by atoms with Crippen molar-refractivity contribution in [3.05, 3.63) is 65.5 Å². The zero-order chi connectivity index (χ0) is 18.1. The summed E-state index contributed by atoms with van der Waals surface area (Å²) in [5, 5.41) is 3.06. The molecule has 5 rings (SSSR count). The Balaban J connectivity index is 1.55. The fourth-order valence-corrected chi connectivity index (χ4v) is 4.30. The molecule has 0 aliphatic carbocycles. The molecule has 1 amide bonds. The van der Waals surface area contributed by atoms with E-state index >= 15 is 0 Å². The lowest BCUT2D eigenvalue weighted by atomic mass is 9.76. The number of aromatic nitrogens is 1.